The van der Waals surface area contributed by atoms with Gasteiger partial charge in [0.25, 0.3) is 5.91 Å². The zero-order valence-electron chi connectivity index (χ0n) is 12.9. The molecule has 1 atom stereocenters. The molecule has 2 N–H and O–H groups in total. The highest BCUT2D eigenvalue weighted by atomic mass is 35.5. The molecule has 1 fully saturated rings. The van der Waals surface area contributed by atoms with Crippen LogP contribution >= 0.6 is 11.6 Å². The smallest absolute Gasteiger partial charge is 0.407 e. The molecular weight excluding hydrogens is 328 g/mol. The van der Waals surface area contributed by atoms with Crippen LogP contribution < -0.4 is 5.32 Å². The topological polar surface area (TPSA) is 69.6 Å². The van der Waals surface area contributed by atoms with Gasteiger partial charge < -0.3 is 15.3 Å². The second kappa shape index (κ2) is 6.93. The molecule has 3 rings (SSSR count). The van der Waals surface area contributed by atoms with Gasteiger partial charge >= 0.3 is 6.09 Å². The van der Waals surface area contributed by atoms with Gasteiger partial charge in [-0.05, 0) is 48.4 Å². The Morgan fingerprint density at radius 1 is 1.08 bits per heavy atom. The van der Waals surface area contributed by atoms with Crippen LogP contribution in [0.25, 0.3) is 0 Å². The Morgan fingerprint density at radius 2 is 1.75 bits per heavy atom. The average molecular weight is 345 g/mol. The van der Waals surface area contributed by atoms with Crippen LogP contribution in [0.3, 0.4) is 0 Å². The summed E-state index contributed by atoms with van der Waals surface area (Å²) in [4.78, 5) is 24.6. The number of hydrogen-bond acceptors (Lipinski definition) is 2. The SMILES string of the molecule is O=C(Nc1ccc(C2CCN(C(=O)O)C2)cc1)c1ccc(Cl)cc1. The van der Waals surface area contributed by atoms with Crippen LogP contribution in [0, 0.1) is 0 Å². The van der Waals surface area contributed by atoms with E-state index in [0.717, 1.165) is 12.0 Å². The van der Waals surface area contributed by atoms with Gasteiger partial charge in [0.15, 0.2) is 0 Å². The summed E-state index contributed by atoms with van der Waals surface area (Å²) in [5.41, 5.74) is 2.33. The van der Waals surface area contributed by atoms with E-state index in [2.05, 4.69) is 5.32 Å². The standard InChI is InChI=1S/C18H17ClN2O3/c19-15-5-1-13(2-6-15)17(22)20-16-7-3-12(4-8-16)14-9-10-21(11-14)18(23)24/h1-8,14H,9-11H2,(H,20,22)(H,23,24). The van der Waals surface area contributed by atoms with Crippen molar-refractivity contribution in [3.05, 3.63) is 64.7 Å². The number of halogens is 1. The summed E-state index contributed by atoms with van der Waals surface area (Å²) in [5, 5.41) is 12.4. The fourth-order valence-corrected chi connectivity index (χ4v) is 2.98. The van der Waals surface area contributed by atoms with Crippen molar-refractivity contribution in [2.45, 2.75) is 12.3 Å². The number of rotatable bonds is 3. The van der Waals surface area contributed by atoms with Crippen molar-refractivity contribution in [1.82, 2.24) is 4.90 Å². The molecule has 0 saturated carbocycles. The first-order valence-corrected chi connectivity index (χ1v) is 8.05. The van der Waals surface area contributed by atoms with Crippen LogP contribution in [0.1, 0.15) is 28.3 Å². The highest BCUT2D eigenvalue weighted by Gasteiger charge is 2.26. The van der Waals surface area contributed by atoms with E-state index in [4.69, 9.17) is 16.7 Å². The average Bonchev–Trinajstić information content (AvgIpc) is 3.06. The molecule has 124 valence electrons. The van der Waals surface area contributed by atoms with E-state index >= 15 is 0 Å². The molecule has 0 spiro atoms. The van der Waals surface area contributed by atoms with E-state index < -0.39 is 6.09 Å². The van der Waals surface area contributed by atoms with Crippen molar-refractivity contribution in [2.75, 3.05) is 18.4 Å². The molecule has 0 radical (unpaired) electrons. The zero-order chi connectivity index (χ0) is 17.1. The van der Waals surface area contributed by atoms with Gasteiger partial charge in [-0.15, -0.1) is 0 Å². The lowest BCUT2D eigenvalue weighted by Gasteiger charge is -2.13. The summed E-state index contributed by atoms with van der Waals surface area (Å²) in [5.74, 6) is 0.0134. The second-order valence-corrected chi connectivity index (χ2v) is 6.23. The number of likely N-dealkylation sites (tertiary alicyclic amines) is 1. The van der Waals surface area contributed by atoms with Crippen LogP contribution in [0.15, 0.2) is 48.5 Å². The summed E-state index contributed by atoms with van der Waals surface area (Å²) in [6.45, 7) is 1.08. The largest absolute Gasteiger partial charge is 0.465 e. The minimum Gasteiger partial charge on any atom is -0.465 e. The van der Waals surface area contributed by atoms with Crippen molar-refractivity contribution in [1.29, 1.82) is 0 Å². The van der Waals surface area contributed by atoms with Crippen LogP contribution in [0.4, 0.5) is 10.5 Å². The second-order valence-electron chi connectivity index (χ2n) is 5.80. The lowest BCUT2D eigenvalue weighted by Crippen LogP contribution is -2.26. The number of amides is 2. The molecule has 2 aromatic rings. The number of hydrogen-bond donors (Lipinski definition) is 2. The predicted octanol–water partition coefficient (Wildman–Crippen LogP) is 4.06. The fraction of sp³-hybridized carbons (Fsp3) is 0.222. The van der Waals surface area contributed by atoms with Gasteiger partial charge in [0.1, 0.15) is 0 Å². The number of nitrogens with zero attached hydrogens (tertiary/aromatic N) is 1. The number of nitrogens with one attached hydrogen (secondary N) is 1. The van der Waals surface area contributed by atoms with Crippen molar-refractivity contribution in [2.24, 2.45) is 0 Å². The van der Waals surface area contributed by atoms with Crippen LogP contribution in [-0.2, 0) is 0 Å². The number of carboxylic acid groups (broad SMARTS) is 1. The summed E-state index contributed by atoms with van der Waals surface area (Å²) >= 11 is 5.81. The third kappa shape index (κ3) is 3.68. The van der Waals surface area contributed by atoms with Gasteiger partial charge in [0.2, 0.25) is 0 Å². The Balaban J connectivity index is 1.63. The normalized spacial score (nSPS) is 16.9. The first kappa shape index (κ1) is 16.3. The number of carbonyl (C=O) groups excluding carboxylic acids is 1. The monoisotopic (exact) mass is 344 g/mol. The van der Waals surface area contributed by atoms with E-state index in [1.54, 1.807) is 24.3 Å². The summed E-state index contributed by atoms with van der Waals surface area (Å²) < 4.78 is 0. The fourth-order valence-electron chi connectivity index (χ4n) is 2.85. The number of carbonyl (C=O) groups is 2. The highest BCUT2D eigenvalue weighted by Crippen LogP contribution is 2.28. The minimum absolute atomic E-state index is 0.197. The van der Waals surface area contributed by atoms with Crippen molar-refractivity contribution >= 4 is 29.3 Å². The van der Waals surface area contributed by atoms with Crippen molar-refractivity contribution < 1.29 is 14.7 Å². The first-order valence-electron chi connectivity index (χ1n) is 7.67. The molecule has 6 heteroatoms. The molecule has 1 aliphatic rings. The Morgan fingerprint density at radius 3 is 2.33 bits per heavy atom. The van der Waals surface area contributed by atoms with Crippen molar-refractivity contribution in [3.63, 3.8) is 0 Å². The molecule has 24 heavy (non-hydrogen) atoms. The van der Waals surface area contributed by atoms with Crippen LogP contribution in [-0.4, -0.2) is 35.1 Å². The van der Waals surface area contributed by atoms with E-state index in [1.807, 2.05) is 24.3 Å². The van der Waals surface area contributed by atoms with Gasteiger partial charge in [-0.2, -0.15) is 0 Å². The molecule has 5 nitrogen and oxygen atoms in total. The minimum atomic E-state index is -0.871. The Hall–Kier alpha value is -2.53. The molecule has 2 amide bonds. The summed E-state index contributed by atoms with van der Waals surface area (Å²) in [7, 11) is 0. The maximum absolute atomic E-state index is 12.2. The highest BCUT2D eigenvalue weighted by molar-refractivity contribution is 6.30. The van der Waals surface area contributed by atoms with E-state index in [1.165, 1.54) is 4.90 Å². The van der Waals surface area contributed by atoms with E-state index in [9.17, 15) is 9.59 Å². The van der Waals surface area contributed by atoms with Gasteiger partial charge in [-0.25, -0.2) is 4.79 Å². The number of benzene rings is 2. The third-order valence-electron chi connectivity index (χ3n) is 4.21. The maximum Gasteiger partial charge on any atom is 0.407 e. The third-order valence-corrected chi connectivity index (χ3v) is 4.46. The maximum atomic E-state index is 12.2. The first-order chi connectivity index (χ1) is 11.5. The predicted molar refractivity (Wildman–Crippen MR) is 92.8 cm³/mol. The number of anilines is 1. The Bertz CT molecular complexity index is 744. The Labute approximate surface area is 144 Å². The zero-order valence-corrected chi connectivity index (χ0v) is 13.7. The quantitative estimate of drug-likeness (QED) is 0.882. The van der Waals surface area contributed by atoms with E-state index in [-0.39, 0.29) is 11.8 Å². The van der Waals surface area contributed by atoms with E-state index in [0.29, 0.717) is 29.4 Å². The molecule has 1 unspecified atom stereocenters. The van der Waals surface area contributed by atoms with Gasteiger partial charge in [0.05, 0.1) is 0 Å². The van der Waals surface area contributed by atoms with Gasteiger partial charge in [-0.1, -0.05) is 23.7 Å². The Kier molecular flexibility index (Phi) is 4.71. The van der Waals surface area contributed by atoms with Crippen molar-refractivity contribution in [3.8, 4) is 0 Å². The molecule has 1 saturated heterocycles. The molecule has 0 aromatic heterocycles. The molecule has 0 aliphatic carbocycles. The lowest BCUT2D eigenvalue weighted by atomic mass is 9.98. The van der Waals surface area contributed by atoms with Gasteiger partial charge in [0, 0.05) is 35.3 Å². The molecular formula is C18H17ClN2O3. The molecule has 1 aliphatic heterocycles. The van der Waals surface area contributed by atoms with Crippen LogP contribution in [0.5, 0.6) is 0 Å². The molecule has 2 aromatic carbocycles. The summed E-state index contributed by atoms with van der Waals surface area (Å²) in [6, 6.07) is 14.2. The van der Waals surface area contributed by atoms with Crippen LogP contribution in [0.2, 0.25) is 5.02 Å². The van der Waals surface area contributed by atoms with Gasteiger partial charge in [-0.3, -0.25) is 4.79 Å². The lowest BCUT2D eigenvalue weighted by molar-refractivity contribution is 0.102. The summed E-state index contributed by atoms with van der Waals surface area (Å²) in [6.07, 6.45) is -0.0488. The molecule has 1 heterocycles. The molecule has 0 bridgehead atoms.